The summed E-state index contributed by atoms with van der Waals surface area (Å²) in [5, 5.41) is 3.70. The fourth-order valence-electron chi connectivity index (χ4n) is 2.02. The second-order valence-electron chi connectivity index (χ2n) is 4.16. The highest BCUT2D eigenvalue weighted by Crippen LogP contribution is 2.29. The summed E-state index contributed by atoms with van der Waals surface area (Å²) < 4.78 is 4.86. The van der Waals surface area contributed by atoms with E-state index in [1.807, 2.05) is 11.8 Å². The van der Waals surface area contributed by atoms with Gasteiger partial charge in [-0.2, -0.15) is 11.8 Å². The Hall–Kier alpha value is -0.260. The van der Waals surface area contributed by atoms with Crippen molar-refractivity contribution in [2.45, 2.75) is 43.5 Å². The van der Waals surface area contributed by atoms with Gasteiger partial charge in [0.05, 0.1) is 6.61 Å². The van der Waals surface area contributed by atoms with Crippen LogP contribution in [-0.2, 0) is 9.53 Å². The number of thioether (sulfide) groups is 1. The summed E-state index contributed by atoms with van der Waals surface area (Å²) in [5.74, 6) is 1.06. The zero-order chi connectivity index (χ0) is 12.0. The lowest BCUT2D eigenvalue weighted by Gasteiger charge is -2.16. The number of amides is 1. The zero-order valence-electron chi connectivity index (χ0n) is 10.1. The smallest absolute Gasteiger partial charge is 0.239 e. The second kappa shape index (κ2) is 7.14. The van der Waals surface area contributed by atoms with Gasteiger partial charge < -0.3 is 15.8 Å². The molecule has 16 heavy (non-hydrogen) atoms. The fraction of sp³-hybridized carbons (Fsp3) is 0.909. The first-order valence-corrected chi connectivity index (χ1v) is 6.88. The Labute approximate surface area is 102 Å². The van der Waals surface area contributed by atoms with Crippen molar-refractivity contribution in [2.75, 3.05) is 19.5 Å². The van der Waals surface area contributed by atoms with Gasteiger partial charge in [0.25, 0.3) is 0 Å². The molecule has 0 aromatic carbocycles. The molecule has 1 aliphatic rings. The molecule has 3 unspecified atom stereocenters. The number of carbonyl (C=O) groups is 1. The molecule has 94 valence electrons. The first-order chi connectivity index (χ1) is 7.67. The van der Waals surface area contributed by atoms with Crippen LogP contribution < -0.4 is 11.1 Å². The Morgan fingerprint density at radius 2 is 2.38 bits per heavy atom. The summed E-state index contributed by atoms with van der Waals surface area (Å²) in [7, 11) is 1.55. The molecule has 5 heteroatoms. The third-order valence-electron chi connectivity index (χ3n) is 2.82. The van der Waals surface area contributed by atoms with Crippen molar-refractivity contribution in [1.29, 1.82) is 0 Å². The van der Waals surface area contributed by atoms with Gasteiger partial charge >= 0.3 is 0 Å². The molecular weight excluding hydrogens is 224 g/mol. The molecule has 0 saturated heterocycles. The van der Waals surface area contributed by atoms with Crippen molar-refractivity contribution in [2.24, 2.45) is 5.73 Å². The molecule has 3 N–H and O–H groups in total. The molecule has 1 amide bonds. The molecule has 0 aliphatic heterocycles. The third-order valence-corrected chi connectivity index (χ3v) is 4.05. The van der Waals surface area contributed by atoms with Crippen LogP contribution in [0.5, 0.6) is 0 Å². The molecule has 4 nitrogen and oxygen atoms in total. The molecular formula is C11H22N2O2S. The van der Waals surface area contributed by atoms with Gasteiger partial charge in [0.2, 0.25) is 5.91 Å². The summed E-state index contributed by atoms with van der Waals surface area (Å²) in [6, 6.07) is -0.234. The normalized spacial score (nSPS) is 26.7. The fourth-order valence-corrected chi connectivity index (χ4v) is 3.16. The van der Waals surface area contributed by atoms with Crippen molar-refractivity contribution in [3.63, 3.8) is 0 Å². The molecule has 0 radical (unpaired) electrons. The monoisotopic (exact) mass is 246 g/mol. The van der Waals surface area contributed by atoms with Gasteiger partial charge in [-0.05, 0) is 25.0 Å². The molecule has 3 atom stereocenters. The summed E-state index contributed by atoms with van der Waals surface area (Å²) in [5.41, 5.74) is 5.66. The Balaban J connectivity index is 2.25. The SMILES string of the molecule is CCSC1CCC(NC(=O)C(N)COC)C1. The Morgan fingerprint density at radius 3 is 3.00 bits per heavy atom. The molecule has 0 bridgehead atoms. The maximum atomic E-state index is 11.6. The van der Waals surface area contributed by atoms with Crippen LogP contribution in [0.25, 0.3) is 0 Å². The van der Waals surface area contributed by atoms with E-state index < -0.39 is 6.04 Å². The number of rotatable bonds is 6. The van der Waals surface area contributed by atoms with Crippen LogP contribution in [0.1, 0.15) is 26.2 Å². The van der Waals surface area contributed by atoms with E-state index in [1.165, 1.54) is 6.42 Å². The molecule has 1 saturated carbocycles. The number of hydrogen-bond acceptors (Lipinski definition) is 4. The summed E-state index contributed by atoms with van der Waals surface area (Å²) >= 11 is 1.98. The minimum Gasteiger partial charge on any atom is -0.383 e. The predicted octanol–water partition coefficient (Wildman–Crippen LogP) is 0.751. The lowest BCUT2D eigenvalue weighted by molar-refractivity contribution is -0.124. The maximum absolute atomic E-state index is 11.6. The van der Waals surface area contributed by atoms with Crippen LogP contribution >= 0.6 is 11.8 Å². The number of nitrogens with one attached hydrogen (secondary N) is 1. The van der Waals surface area contributed by atoms with Crippen LogP contribution in [0.4, 0.5) is 0 Å². The van der Waals surface area contributed by atoms with E-state index in [0.29, 0.717) is 11.3 Å². The van der Waals surface area contributed by atoms with E-state index in [0.717, 1.165) is 18.6 Å². The molecule has 0 heterocycles. The van der Waals surface area contributed by atoms with Crippen molar-refractivity contribution in [3.8, 4) is 0 Å². The van der Waals surface area contributed by atoms with Gasteiger partial charge in [-0.25, -0.2) is 0 Å². The van der Waals surface area contributed by atoms with Gasteiger partial charge in [0.1, 0.15) is 6.04 Å². The van der Waals surface area contributed by atoms with Crippen LogP contribution in [0.3, 0.4) is 0 Å². The Morgan fingerprint density at radius 1 is 1.62 bits per heavy atom. The molecule has 1 rings (SSSR count). The van der Waals surface area contributed by atoms with E-state index in [2.05, 4.69) is 12.2 Å². The van der Waals surface area contributed by atoms with Crippen molar-refractivity contribution in [1.82, 2.24) is 5.32 Å². The summed E-state index contributed by atoms with van der Waals surface area (Å²) in [6.45, 7) is 2.46. The average molecular weight is 246 g/mol. The molecule has 0 aromatic rings. The van der Waals surface area contributed by atoms with E-state index in [1.54, 1.807) is 7.11 Å². The first kappa shape index (κ1) is 13.8. The Kier molecular flexibility index (Phi) is 6.16. The lowest BCUT2D eigenvalue weighted by atomic mass is 10.2. The van der Waals surface area contributed by atoms with Gasteiger partial charge in [-0.1, -0.05) is 6.92 Å². The topological polar surface area (TPSA) is 64.4 Å². The lowest BCUT2D eigenvalue weighted by Crippen LogP contribution is -2.46. The van der Waals surface area contributed by atoms with Crippen LogP contribution in [0.15, 0.2) is 0 Å². The highest BCUT2D eigenvalue weighted by molar-refractivity contribution is 7.99. The zero-order valence-corrected chi connectivity index (χ0v) is 10.9. The standard InChI is InChI=1S/C11H22N2O2S/c1-3-16-9-5-4-8(6-9)13-11(14)10(12)7-15-2/h8-10H,3-7,12H2,1-2H3,(H,13,14). The van der Waals surface area contributed by atoms with Crippen molar-refractivity contribution in [3.05, 3.63) is 0 Å². The number of carbonyl (C=O) groups excluding carboxylic acids is 1. The van der Waals surface area contributed by atoms with E-state index >= 15 is 0 Å². The highest BCUT2D eigenvalue weighted by atomic mass is 32.2. The van der Waals surface area contributed by atoms with Crippen LogP contribution in [0.2, 0.25) is 0 Å². The summed E-state index contributed by atoms with van der Waals surface area (Å²) in [4.78, 5) is 11.6. The first-order valence-electron chi connectivity index (χ1n) is 5.83. The van der Waals surface area contributed by atoms with Crippen molar-refractivity contribution >= 4 is 17.7 Å². The van der Waals surface area contributed by atoms with Gasteiger partial charge in [0.15, 0.2) is 0 Å². The molecule has 0 spiro atoms. The number of nitrogens with two attached hydrogens (primary N) is 1. The Bertz CT molecular complexity index is 226. The van der Waals surface area contributed by atoms with E-state index in [-0.39, 0.29) is 12.5 Å². The van der Waals surface area contributed by atoms with Gasteiger partial charge in [0, 0.05) is 18.4 Å². The van der Waals surface area contributed by atoms with E-state index in [9.17, 15) is 4.79 Å². The second-order valence-corrected chi connectivity index (χ2v) is 5.74. The van der Waals surface area contributed by atoms with Crippen LogP contribution in [0, 0.1) is 0 Å². The van der Waals surface area contributed by atoms with Gasteiger partial charge in [-0.3, -0.25) is 4.79 Å². The summed E-state index contributed by atoms with van der Waals surface area (Å²) in [6.07, 6.45) is 3.34. The van der Waals surface area contributed by atoms with Crippen molar-refractivity contribution < 1.29 is 9.53 Å². The maximum Gasteiger partial charge on any atom is 0.239 e. The highest BCUT2D eigenvalue weighted by Gasteiger charge is 2.27. The number of hydrogen-bond donors (Lipinski definition) is 2. The molecule has 0 aromatic heterocycles. The number of ether oxygens (including phenoxy) is 1. The quantitative estimate of drug-likeness (QED) is 0.726. The van der Waals surface area contributed by atoms with E-state index in [4.69, 9.17) is 10.5 Å². The molecule has 1 fully saturated rings. The largest absolute Gasteiger partial charge is 0.383 e. The van der Waals surface area contributed by atoms with Gasteiger partial charge in [-0.15, -0.1) is 0 Å². The number of methoxy groups -OCH3 is 1. The predicted molar refractivity (Wildman–Crippen MR) is 67.6 cm³/mol. The minimum atomic E-state index is -0.539. The minimum absolute atomic E-state index is 0.0889. The third kappa shape index (κ3) is 4.31. The van der Waals surface area contributed by atoms with Crippen LogP contribution in [-0.4, -0.2) is 42.7 Å². The molecule has 1 aliphatic carbocycles. The average Bonchev–Trinajstić information content (AvgIpc) is 2.66.